The van der Waals surface area contributed by atoms with E-state index in [1.54, 1.807) is 25.1 Å². The van der Waals surface area contributed by atoms with Crippen LogP contribution in [0.4, 0.5) is 17.6 Å². The molecule has 0 spiro atoms. The molecule has 6 heteroatoms. The lowest BCUT2D eigenvalue weighted by molar-refractivity contribution is 0.315. The van der Waals surface area contributed by atoms with Crippen molar-refractivity contribution in [1.82, 2.24) is 0 Å². The van der Waals surface area contributed by atoms with Gasteiger partial charge in [-0.25, -0.2) is 13.2 Å². The lowest BCUT2D eigenvalue weighted by atomic mass is 9.99. The lowest BCUT2D eigenvalue weighted by Gasteiger charge is -2.07. The zero-order valence-electron chi connectivity index (χ0n) is 16.2. The lowest BCUT2D eigenvalue weighted by Crippen LogP contribution is -1.97. The van der Waals surface area contributed by atoms with Gasteiger partial charge in [-0.2, -0.15) is 4.39 Å². The zero-order chi connectivity index (χ0) is 21.4. The van der Waals surface area contributed by atoms with E-state index in [9.17, 15) is 17.6 Å². The van der Waals surface area contributed by atoms with Crippen LogP contribution < -0.4 is 4.74 Å². The molecule has 0 aliphatic carbocycles. The molecule has 1 aromatic heterocycles. The van der Waals surface area contributed by atoms with E-state index in [1.807, 2.05) is 12.1 Å². The average molecular weight is 414 g/mol. The molecular formula is C24H18F4O2. The molecule has 0 N–H and O–H groups in total. The maximum Gasteiger partial charge on any atom is 0.201 e. The molecule has 4 rings (SSSR count). The molecule has 0 fully saturated rings. The molecule has 2 nitrogen and oxygen atoms in total. The monoisotopic (exact) mass is 414 g/mol. The fraction of sp³-hybridized carbons (Fsp3) is 0.167. The maximum atomic E-state index is 14.9. The van der Waals surface area contributed by atoms with Crippen LogP contribution in [0.25, 0.3) is 33.1 Å². The van der Waals surface area contributed by atoms with Crippen molar-refractivity contribution >= 4 is 21.9 Å². The Morgan fingerprint density at radius 3 is 2.17 bits per heavy atom. The molecular weight excluding hydrogens is 396 g/mol. The van der Waals surface area contributed by atoms with Crippen molar-refractivity contribution in [2.75, 3.05) is 6.61 Å². The number of halogens is 4. The third kappa shape index (κ3) is 3.22. The summed E-state index contributed by atoms with van der Waals surface area (Å²) in [6.07, 6.45) is 3.40. The first kappa shape index (κ1) is 20.0. The topological polar surface area (TPSA) is 22.4 Å². The minimum atomic E-state index is -1.34. The molecule has 30 heavy (non-hydrogen) atoms. The Bertz CT molecular complexity index is 1260. The van der Waals surface area contributed by atoms with Gasteiger partial charge in [-0.3, -0.25) is 0 Å². The minimum Gasteiger partial charge on any atom is -0.491 e. The van der Waals surface area contributed by atoms with Crippen LogP contribution >= 0.6 is 0 Å². The second kappa shape index (κ2) is 7.86. The third-order valence-corrected chi connectivity index (χ3v) is 4.98. The Labute approximate surface area is 170 Å². The molecule has 3 aromatic carbocycles. The first-order valence-corrected chi connectivity index (χ1v) is 9.51. The second-order valence-electron chi connectivity index (χ2n) is 6.86. The van der Waals surface area contributed by atoms with Crippen LogP contribution in [0.3, 0.4) is 0 Å². The van der Waals surface area contributed by atoms with Gasteiger partial charge in [0.15, 0.2) is 23.2 Å². The van der Waals surface area contributed by atoms with Crippen molar-refractivity contribution in [3.63, 3.8) is 0 Å². The van der Waals surface area contributed by atoms with Crippen LogP contribution in [0.15, 0.2) is 53.5 Å². The van der Waals surface area contributed by atoms with Gasteiger partial charge in [-0.15, -0.1) is 6.58 Å². The maximum absolute atomic E-state index is 14.9. The molecule has 1 heterocycles. The van der Waals surface area contributed by atoms with E-state index < -0.39 is 34.0 Å². The molecule has 0 saturated carbocycles. The van der Waals surface area contributed by atoms with Crippen LogP contribution in [0.1, 0.15) is 18.9 Å². The van der Waals surface area contributed by atoms with E-state index in [0.717, 1.165) is 24.5 Å². The number of benzene rings is 3. The highest BCUT2D eigenvalue weighted by Crippen LogP contribution is 2.40. The highest BCUT2D eigenvalue weighted by Gasteiger charge is 2.25. The molecule has 0 atom stereocenters. The van der Waals surface area contributed by atoms with Crippen molar-refractivity contribution in [2.45, 2.75) is 19.8 Å². The minimum absolute atomic E-state index is 0.0276. The summed E-state index contributed by atoms with van der Waals surface area (Å²) < 4.78 is 69.3. The summed E-state index contributed by atoms with van der Waals surface area (Å²) >= 11 is 0. The molecule has 0 bridgehead atoms. The van der Waals surface area contributed by atoms with Gasteiger partial charge in [0, 0.05) is 11.6 Å². The molecule has 0 radical (unpaired) electrons. The van der Waals surface area contributed by atoms with Gasteiger partial charge >= 0.3 is 0 Å². The first-order valence-electron chi connectivity index (χ1n) is 9.51. The summed E-state index contributed by atoms with van der Waals surface area (Å²) in [5.41, 5.74) is 1.24. The van der Waals surface area contributed by atoms with Gasteiger partial charge < -0.3 is 9.15 Å². The first-order chi connectivity index (χ1) is 14.5. The number of aryl methyl sites for hydroxylation is 1. The number of furan rings is 1. The Hall–Kier alpha value is -3.28. The van der Waals surface area contributed by atoms with Crippen molar-refractivity contribution in [3.8, 4) is 16.9 Å². The van der Waals surface area contributed by atoms with Crippen molar-refractivity contribution < 1.29 is 26.7 Å². The number of ether oxygens (including phenoxy) is 1. The molecule has 0 aliphatic heterocycles. The van der Waals surface area contributed by atoms with Crippen molar-refractivity contribution in [2.24, 2.45) is 0 Å². The highest BCUT2D eigenvalue weighted by molar-refractivity contribution is 6.07. The van der Waals surface area contributed by atoms with Gasteiger partial charge in [-0.1, -0.05) is 30.3 Å². The number of allylic oxidation sites excluding steroid dienone is 1. The van der Waals surface area contributed by atoms with Crippen LogP contribution in [0.5, 0.6) is 5.75 Å². The highest BCUT2D eigenvalue weighted by atomic mass is 19.2. The average Bonchev–Trinajstić information content (AvgIpc) is 3.12. The summed E-state index contributed by atoms with van der Waals surface area (Å²) in [5, 5.41) is -0.887. The Kier molecular flexibility index (Phi) is 5.24. The standard InChI is InChI=1S/C24H18F4O2/c1-3-5-6-13-7-9-14(10-8-13)15-11-16-19(23(27)21(15)25)20-17(30-16)12-18(29-4-2)22(26)24(20)28/h3,7-12H,1,4-6H2,2H3. The number of fused-ring (bicyclic) bond motifs is 3. The Balaban J connectivity index is 1.90. The van der Waals surface area contributed by atoms with Gasteiger partial charge in [-0.05, 0) is 37.0 Å². The molecule has 0 aliphatic rings. The summed E-state index contributed by atoms with van der Waals surface area (Å²) in [6.45, 7) is 5.40. The van der Waals surface area contributed by atoms with Crippen molar-refractivity contribution in [1.29, 1.82) is 0 Å². The molecule has 0 saturated heterocycles. The van der Waals surface area contributed by atoms with Gasteiger partial charge in [0.25, 0.3) is 0 Å². The molecule has 0 unspecified atom stereocenters. The molecule has 154 valence electrons. The smallest absolute Gasteiger partial charge is 0.201 e. The normalized spacial score (nSPS) is 11.4. The van der Waals surface area contributed by atoms with Gasteiger partial charge in [0.05, 0.1) is 17.4 Å². The summed E-state index contributed by atoms with van der Waals surface area (Å²) in [4.78, 5) is 0. The van der Waals surface area contributed by atoms with Crippen LogP contribution in [-0.2, 0) is 6.42 Å². The number of rotatable bonds is 6. The summed E-state index contributed by atoms with van der Waals surface area (Å²) in [7, 11) is 0. The van der Waals surface area contributed by atoms with Gasteiger partial charge in [0.2, 0.25) is 5.82 Å². The second-order valence-corrected chi connectivity index (χ2v) is 6.86. The van der Waals surface area contributed by atoms with Crippen LogP contribution in [0.2, 0.25) is 0 Å². The van der Waals surface area contributed by atoms with Crippen LogP contribution in [-0.4, -0.2) is 6.61 Å². The van der Waals surface area contributed by atoms with E-state index >= 15 is 0 Å². The predicted molar refractivity (Wildman–Crippen MR) is 109 cm³/mol. The fourth-order valence-corrected chi connectivity index (χ4v) is 3.52. The van der Waals surface area contributed by atoms with Crippen molar-refractivity contribution in [3.05, 3.63) is 77.9 Å². The largest absolute Gasteiger partial charge is 0.491 e. The molecule has 4 aromatic rings. The summed E-state index contributed by atoms with van der Waals surface area (Å²) in [6, 6.07) is 9.44. The van der Waals surface area contributed by atoms with Crippen LogP contribution in [0, 0.1) is 23.3 Å². The SMILES string of the molecule is C=CCCc1ccc(-c2cc3oc4cc(OCC)c(F)c(F)c4c3c(F)c2F)cc1. The third-order valence-electron chi connectivity index (χ3n) is 4.98. The van der Waals surface area contributed by atoms with E-state index in [1.165, 1.54) is 6.07 Å². The molecule has 0 amide bonds. The fourth-order valence-electron chi connectivity index (χ4n) is 3.52. The van der Waals surface area contributed by atoms with E-state index in [-0.39, 0.29) is 29.1 Å². The quantitative estimate of drug-likeness (QED) is 0.243. The Morgan fingerprint density at radius 2 is 1.53 bits per heavy atom. The van der Waals surface area contributed by atoms with E-state index in [0.29, 0.717) is 5.56 Å². The Morgan fingerprint density at radius 1 is 0.900 bits per heavy atom. The summed E-state index contributed by atoms with van der Waals surface area (Å²) in [5.74, 6) is -5.41. The zero-order valence-corrected chi connectivity index (χ0v) is 16.2. The van der Waals surface area contributed by atoms with E-state index in [4.69, 9.17) is 9.15 Å². The van der Waals surface area contributed by atoms with E-state index in [2.05, 4.69) is 6.58 Å². The number of hydrogen-bond donors (Lipinski definition) is 0. The number of hydrogen-bond acceptors (Lipinski definition) is 2. The predicted octanol–water partition coefficient (Wildman–Crippen LogP) is 7.33. The van der Waals surface area contributed by atoms with Gasteiger partial charge in [0.1, 0.15) is 11.2 Å².